The fourth-order valence-electron chi connectivity index (χ4n) is 3.66. The van der Waals surface area contributed by atoms with E-state index in [0.717, 1.165) is 35.7 Å². The second-order valence-corrected chi connectivity index (χ2v) is 8.14. The van der Waals surface area contributed by atoms with E-state index >= 15 is 0 Å². The molecule has 2 heterocycles. The molecule has 0 radical (unpaired) electrons. The Hall–Kier alpha value is -1.95. The van der Waals surface area contributed by atoms with Gasteiger partial charge in [0.2, 0.25) is 0 Å². The van der Waals surface area contributed by atoms with Gasteiger partial charge < -0.3 is 19.3 Å². The zero-order chi connectivity index (χ0) is 19.8. The van der Waals surface area contributed by atoms with Gasteiger partial charge >= 0.3 is 0 Å². The highest BCUT2D eigenvalue weighted by atomic mass is 35.5. The van der Waals surface area contributed by atoms with E-state index in [1.807, 2.05) is 12.1 Å². The summed E-state index contributed by atoms with van der Waals surface area (Å²) in [6.45, 7) is 7.71. The Labute approximate surface area is 174 Å². The van der Waals surface area contributed by atoms with E-state index in [4.69, 9.17) is 32.9 Å². The summed E-state index contributed by atoms with van der Waals surface area (Å²) in [4.78, 5) is 6.96. The van der Waals surface area contributed by atoms with Crippen LogP contribution in [-0.2, 0) is 11.3 Å². The maximum absolute atomic E-state index is 10.7. The molecule has 0 saturated carbocycles. The maximum atomic E-state index is 10.7. The lowest BCUT2D eigenvalue weighted by molar-refractivity contribution is 0.122. The molecule has 4 rings (SSSR count). The molecular weight excluding hydrogens is 397 g/mol. The Bertz CT molecular complexity index is 1010. The lowest BCUT2D eigenvalue weighted by atomic mass is 10.1. The largest absolute Gasteiger partial charge is 0.506 e. The van der Waals surface area contributed by atoms with Crippen LogP contribution in [0, 0.1) is 0 Å². The summed E-state index contributed by atoms with van der Waals surface area (Å²) < 4.78 is 7.58. The molecule has 3 aromatic rings. The van der Waals surface area contributed by atoms with Crippen molar-refractivity contribution in [3.8, 4) is 5.75 Å². The summed E-state index contributed by atoms with van der Waals surface area (Å²) in [6, 6.07) is 9.54. The van der Waals surface area contributed by atoms with Crippen molar-refractivity contribution in [3.63, 3.8) is 0 Å². The number of benzene rings is 2. The Kier molecular flexibility index (Phi) is 5.41. The van der Waals surface area contributed by atoms with Crippen molar-refractivity contribution < 1.29 is 9.84 Å². The summed E-state index contributed by atoms with van der Waals surface area (Å²) in [5, 5.41) is 11.8. The summed E-state index contributed by atoms with van der Waals surface area (Å²) in [5.41, 5.74) is 3.40. The van der Waals surface area contributed by atoms with E-state index in [1.54, 1.807) is 12.1 Å². The number of hydrogen-bond donors (Lipinski definition) is 1. The third-order valence-corrected chi connectivity index (χ3v) is 5.96. The minimum atomic E-state index is 0.191. The quantitative estimate of drug-likeness (QED) is 0.641. The third-order valence-electron chi connectivity index (χ3n) is 5.10. The summed E-state index contributed by atoms with van der Waals surface area (Å²) in [5.74, 6) is 1.29. The minimum Gasteiger partial charge on any atom is -0.506 e. The van der Waals surface area contributed by atoms with Gasteiger partial charge in [-0.1, -0.05) is 49.2 Å². The number of phenolic OH excluding ortho intramolecular Hbond substituents is 1. The normalized spacial score (nSPS) is 15.0. The zero-order valence-electron chi connectivity index (χ0n) is 16.0. The third kappa shape index (κ3) is 3.54. The van der Waals surface area contributed by atoms with E-state index in [1.165, 1.54) is 0 Å². The van der Waals surface area contributed by atoms with Crippen LogP contribution >= 0.6 is 23.2 Å². The van der Waals surface area contributed by atoms with Crippen LogP contribution in [0.3, 0.4) is 0 Å². The molecule has 0 amide bonds. The molecule has 1 aliphatic rings. The molecule has 1 N–H and O–H groups in total. The molecule has 28 heavy (non-hydrogen) atoms. The molecule has 2 aromatic carbocycles. The molecule has 0 spiro atoms. The Morgan fingerprint density at radius 3 is 2.64 bits per heavy atom. The predicted molar refractivity (Wildman–Crippen MR) is 114 cm³/mol. The average Bonchev–Trinajstić information content (AvgIpc) is 3.05. The Morgan fingerprint density at radius 2 is 1.93 bits per heavy atom. The number of aromatic hydroxyl groups is 1. The van der Waals surface area contributed by atoms with Crippen LogP contribution in [-0.4, -0.2) is 41.0 Å². The summed E-state index contributed by atoms with van der Waals surface area (Å²) in [6.07, 6.45) is 0. The first-order valence-electron chi connectivity index (χ1n) is 9.44. The van der Waals surface area contributed by atoms with E-state index in [-0.39, 0.29) is 11.7 Å². The molecule has 0 unspecified atom stereocenters. The van der Waals surface area contributed by atoms with Gasteiger partial charge in [0.05, 0.1) is 35.3 Å². The summed E-state index contributed by atoms with van der Waals surface area (Å²) in [7, 11) is 0. The molecule has 0 bridgehead atoms. The first-order valence-corrected chi connectivity index (χ1v) is 10.2. The van der Waals surface area contributed by atoms with Crippen LogP contribution in [0.1, 0.15) is 31.2 Å². The van der Waals surface area contributed by atoms with Crippen LogP contribution in [0.15, 0.2) is 30.3 Å². The number of halogens is 2. The topological polar surface area (TPSA) is 50.5 Å². The number of hydrogen-bond acceptors (Lipinski definition) is 4. The van der Waals surface area contributed by atoms with Crippen molar-refractivity contribution in [1.29, 1.82) is 0 Å². The van der Waals surface area contributed by atoms with Gasteiger partial charge in [-0.3, -0.25) is 0 Å². The predicted octanol–water partition coefficient (Wildman–Crippen LogP) is 5.06. The fourth-order valence-corrected chi connectivity index (χ4v) is 4.04. The van der Waals surface area contributed by atoms with E-state index in [0.29, 0.717) is 35.3 Å². The van der Waals surface area contributed by atoms with Crippen LogP contribution in [0.25, 0.3) is 11.0 Å². The van der Waals surface area contributed by atoms with Crippen molar-refractivity contribution in [3.05, 3.63) is 51.8 Å². The monoisotopic (exact) mass is 419 g/mol. The smallest absolute Gasteiger partial charge is 0.145 e. The lowest BCUT2D eigenvalue weighted by Crippen LogP contribution is -2.36. The number of phenols is 1. The van der Waals surface area contributed by atoms with Gasteiger partial charge in [0.15, 0.2) is 0 Å². The van der Waals surface area contributed by atoms with Gasteiger partial charge in [0, 0.05) is 30.8 Å². The highest BCUT2D eigenvalue weighted by Gasteiger charge is 2.21. The molecule has 0 atom stereocenters. The molecule has 0 aliphatic carbocycles. The van der Waals surface area contributed by atoms with Crippen molar-refractivity contribution in [2.24, 2.45) is 0 Å². The van der Waals surface area contributed by atoms with E-state index < -0.39 is 0 Å². The molecule has 148 valence electrons. The highest BCUT2D eigenvalue weighted by Crippen LogP contribution is 2.35. The molecule has 5 nitrogen and oxygen atoms in total. The number of aromatic nitrogens is 2. The average molecular weight is 420 g/mol. The van der Waals surface area contributed by atoms with Gasteiger partial charge in [-0.15, -0.1) is 0 Å². The number of ether oxygens (including phenoxy) is 1. The molecule has 1 saturated heterocycles. The molecule has 1 aromatic heterocycles. The number of imidazole rings is 1. The lowest BCUT2D eigenvalue weighted by Gasteiger charge is -2.29. The first kappa shape index (κ1) is 19.4. The number of anilines is 1. The van der Waals surface area contributed by atoms with E-state index in [2.05, 4.69) is 29.4 Å². The minimum absolute atomic E-state index is 0.191. The molecule has 1 fully saturated rings. The molecule has 7 heteroatoms. The number of fused-ring (bicyclic) bond motifs is 1. The zero-order valence-corrected chi connectivity index (χ0v) is 17.5. The van der Waals surface area contributed by atoms with Gasteiger partial charge in [-0.05, 0) is 17.7 Å². The number of rotatable bonds is 4. The Balaban J connectivity index is 1.85. The summed E-state index contributed by atoms with van der Waals surface area (Å²) >= 11 is 12.7. The van der Waals surface area contributed by atoms with Crippen molar-refractivity contribution in [1.82, 2.24) is 9.55 Å². The molecule has 1 aliphatic heterocycles. The van der Waals surface area contributed by atoms with Crippen LogP contribution in [0.2, 0.25) is 10.0 Å². The standard InChI is InChI=1S/C21H23Cl2N3O2/c1-13(2)21-24-20-17(26(21)12-14-4-3-5-16(22)19(14)23)10-15(11-18(20)27)25-6-8-28-9-7-25/h3-5,10-11,13,27H,6-9,12H2,1-2H3. The number of nitrogens with zero attached hydrogens (tertiary/aromatic N) is 3. The second-order valence-electron chi connectivity index (χ2n) is 7.36. The Morgan fingerprint density at radius 1 is 1.18 bits per heavy atom. The van der Waals surface area contributed by atoms with Crippen LogP contribution in [0.4, 0.5) is 5.69 Å². The molecular formula is C21H23Cl2N3O2. The maximum Gasteiger partial charge on any atom is 0.145 e. The second kappa shape index (κ2) is 7.82. The van der Waals surface area contributed by atoms with Gasteiger partial charge in [0.25, 0.3) is 0 Å². The number of morpholine rings is 1. The van der Waals surface area contributed by atoms with Crippen molar-refractivity contribution in [2.75, 3.05) is 31.2 Å². The van der Waals surface area contributed by atoms with Crippen molar-refractivity contribution >= 4 is 39.9 Å². The van der Waals surface area contributed by atoms with Gasteiger partial charge in [-0.2, -0.15) is 0 Å². The SMILES string of the molecule is CC(C)c1nc2c(O)cc(N3CCOCC3)cc2n1Cc1cccc(Cl)c1Cl. The van der Waals surface area contributed by atoms with E-state index in [9.17, 15) is 5.11 Å². The van der Waals surface area contributed by atoms with Gasteiger partial charge in [-0.25, -0.2) is 4.98 Å². The highest BCUT2D eigenvalue weighted by molar-refractivity contribution is 6.42. The van der Waals surface area contributed by atoms with Crippen LogP contribution < -0.4 is 4.90 Å². The first-order chi connectivity index (χ1) is 13.5. The fraction of sp³-hybridized carbons (Fsp3) is 0.381. The van der Waals surface area contributed by atoms with Gasteiger partial charge in [0.1, 0.15) is 17.1 Å². The van der Waals surface area contributed by atoms with Crippen LogP contribution in [0.5, 0.6) is 5.75 Å². The van der Waals surface area contributed by atoms with Crippen molar-refractivity contribution in [2.45, 2.75) is 26.3 Å².